The van der Waals surface area contributed by atoms with Crippen molar-refractivity contribution in [3.63, 3.8) is 0 Å². The number of hydrogen-bond acceptors (Lipinski definition) is 6. The zero-order valence-electron chi connectivity index (χ0n) is 21.4. The molecule has 3 aliphatic rings. The number of esters is 1. The first-order valence-electron chi connectivity index (χ1n) is 13.0. The monoisotopic (exact) mass is 515 g/mol. The van der Waals surface area contributed by atoms with Gasteiger partial charge in [0, 0.05) is 18.8 Å². The minimum absolute atomic E-state index is 0.128. The molecule has 3 aliphatic heterocycles. The Morgan fingerprint density at radius 3 is 2.35 bits per heavy atom. The number of nitrogens with zero attached hydrogens (tertiary/aromatic N) is 3. The van der Waals surface area contributed by atoms with Crippen LogP contribution in [0.25, 0.3) is 0 Å². The third kappa shape index (κ3) is 5.37. The lowest BCUT2D eigenvalue weighted by Crippen LogP contribution is -2.41. The minimum atomic E-state index is -0.378. The zero-order valence-corrected chi connectivity index (χ0v) is 22.2. The predicted molar refractivity (Wildman–Crippen MR) is 148 cm³/mol. The van der Waals surface area contributed by atoms with E-state index >= 15 is 0 Å². The van der Waals surface area contributed by atoms with Crippen LogP contribution in [-0.4, -0.2) is 47.0 Å². The normalized spacial score (nSPS) is 19.9. The van der Waals surface area contributed by atoms with Crippen molar-refractivity contribution >= 4 is 28.8 Å². The summed E-state index contributed by atoms with van der Waals surface area (Å²) in [5.74, 6) is 0.357. The van der Waals surface area contributed by atoms with Crippen molar-refractivity contribution in [2.24, 2.45) is 10.9 Å². The quantitative estimate of drug-likeness (QED) is 0.443. The summed E-state index contributed by atoms with van der Waals surface area (Å²) in [6.45, 7) is 3.57. The average Bonchev–Trinajstić information content (AvgIpc) is 3.35. The molecule has 1 atom stereocenters. The molecule has 0 bridgehead atoms. The number of carbonyl (C=O) groups is 2. The number of benzene rings is 2. The molecule has 37 heavy (non-hydrogen) atoms. The number of aliphatic imine (C=N–C) groups is 1. The fourth-order valence-electron chi connectivity index (χ4n) is 5.46. The molecule has 5 rings (SSSR count). The Morgan fingerprint density at radius 1 is 1.03 bits per heavy atom. The Bertz CT molecular complexity index is 1230. The van der Waals surface area contributed by atoms with Crippen LogP contribution in [0.15, 0.2) is 88.0 Å². The molecule has 0 N–H and O–H groups in total. The van der Waals surface area contributed by atoms with E-state index in [1.165, 1.54) is 24.4 Å². The molecule has 0 aromatic heterocycles. The smallest absolute Gasteiger partial charge is 0.338 e. The molecule has 1 saturated heterocycles. The van der Waals surface area contributed by atoms with Crippen LogP contribution in [0, 0.1) is 5.92 Å². The SMILES string of the molecule is CCC1=C(C(=O)OC)[C@H](c2ccccc2)N2C(CC(=O)N3CCC(Cc4ccccc4)CC3)=CSC2=N1. The highest BCUT2D eigenvalue weighted by Crippen LogP contribution is 2.45. The summed E-state index contributed by atoms with van der Waals surface area (Å²) in [5, 5.41) is 2.82. The number of piperidine rings is 1. The summed E-state index contributed by atoms with van der Waals surface area (Å²) < 4.78 is 5.19. The maximum Gasteiger partial charge on any atom is 0.338 e. The van der Waals surface area contributed by atoms with Gasteiger partial charge in [-0.2, -0.15) is 0 Å². The first kappa shape index (κ1) is 25.3. The van der Waals surface area contributed by atoms with Crippen LogP contribution < -0.4 is 0 Å². The van der Waals surface area contributed by atoms with E-state index < -0.39 is 0 Å². The van der Waals surface area contributed by atoms with Crippen molar-refractivity contribution in [3.8, 4) is 0 Å². The molecular weight excluding hydrogens is 482 g/mol. The number of fused-ring (bicyclic) bond motifs is 1. The average molecular weight is 516 g/mol. The van der Waals surface area contributed by atoms with Gasteiger partial charge in [0.2, 0.25) is 5.91 Å². The van der Waals surface area contributed by atoms with Gasteiger partial charge in [0.1, 0.15) is 0 Å². The third-order valence-corrected chi connectivity index (χ3v) is 8.30. The summed E-state index contributed by atoms with van der Waals surface area (Å²) in [6.07, 6.45) is 4.02. The number of methoxy groups -OCH3 is 1. The molecule has 3 heterocycles. The van der Waals surface area contributed by atoms with Crippen molar-refractivity contribution in [3.05, 3.63) is 94.2 Å². The van der Waals surface area contributed by atoms with Crippen molar-refractivity contribution in [2.75, 3.05) is 20.2 Å². The molecule has 0 radical (unpaired) electrons. The highest BCUT2D eigenvalue weighted by molar-refractivity contribution is 8.16. The molecule has 7 heteroatoms. The second-order valence-electron chi connectivity index (χ2n) is 9.70. The Balaban J connectivity index is 1.31. The van der Waals surface area contributed by atoms with Crippen molar-refractivity contribution in [1.29, 1.82) is 0 Å². The second kappa shape index (κ2) is 11.4. The van der Waals surface area contributed by atoms with Crippen molar-refractivity contribution in [2.45, 2.75) is 45.1 Å². The van der Waals surface area contributed by atoms with E-state index in [4.69, 9.17) is 9.73 Å². The summed E-state index contributed by atoms with van der Waals surface area (Å²) >= 11 is 1.52. The Kier molecular flexibility index (Phi) is 7.79. The van der Waals surface area contributed by atoms with E-state index in [1.54, 1.807) is 0 Å². The number of rotatable bonds is 7. The summed E-state index contributed by atoms with van der Waals surface area (Å²) in [7, 11) is 1.41. The third-order valence-electron chi connectivity index (χ3n) is 7.41. The maximum absolute atomic E-state index is 13.4. The van der Waals surface area contributed by atoms with Gasteiger partial charge in [-0.3, -0.25) is 4.79 Å². The van der Waals surface area contributed by atoms with Crippen LogP contribution in [0.4, 0.5) is 0 Å². The molecule has 0 aliphatic carbocycles. The number of carbonyl (C=O) groups excluding carboxylic acids is 2. The van der Waals surface area contributed by atoms with Crippen LogP contribution in [0.2, 0.25) is 0 Å². The molecule has 0 unspecified atom stereocenters. The lowest BCUT2D eigenvalue weighted by atomic mass is 9.90. The minimum Gasteiger partial charge on any atom is -0.466 e. The zero-order chi connectivity index (χ0) is 25.8. The molecule has 1 amide bonds. The van der Waals surface area contributed by atoms with Crippen LogP contribution in [0.3, 0.4) is 0 Å². The Hall–Kier alpha value is -3.32. The number of amidine groups is 1. The maximum atomic E-state index is 13.4. The fraction of sp³-hybridized carbons (Fsp3) is 0.367. The highest BCUT2D eigenvalue weighted by Gasteiger charge is 2.41. The molecule has 2 aromatic rings. The fourth-order valence-corrected chi connectivity index (χ4v) is 6.40. The number of allylic oxidation sites excluding steroid dienone is 1. The standard InChI is InChI=1S/C30H33N3O3S/c1-3-25-27(29(35)36-2)28(23-12-8-5-9-13-23)33-24(20-37-30(33)31-25)19-26(34)32-16-14-22(15-17-32)18-21-10-6-4-7-11-21/h4-13,20,22,28H,3,14-19H2,1-2H3/t28-/m0/s1. The molecule has 6 nitrogen and oxygen atoms in total. The van der Waals surface area contributed by atoms with Crippen LogP contribution in [-0.2, 0) is 20.7 Å². The number of thioether (sulfide) groups is 1. The van der Waals surface area contributed by atoms with Gasteiger partial charge in [-0.15, -0.1) is 0 Å². The van der Waals surface area contributed by atoms with E-state index in [2.05, 4.69) is 35.2 Å². The van der Waals surface area contributed by atoms with Gasteiger partial charge in [0.05, 0.1) is 30.8 Å². The molecule has 1 fully saturated rings. The summed E-state index contributed by atoms with van der Waals surface area (Å²) in [6, 6.07) is 20.2. The number of ether oxygens (including phenoxy) is 1. The van der Waals surface area contributed by atoms with Crippen LogP contribution >= 0.6 is 11.8 Å². The van der Waals surface area contributed by atoms with E-state index in [-0.39, 0.29) is 24.3 Å². The largest absolute Gasteiger partial charge is 0.466 e. The summed E-state index contributed by atoms with van der Waals surface area (Å²) in [4.78, 5) is 35.3. The van der Waals surface area contributed by atoms with Gasteiger partial charge >= 0.3 is 5.97 Å². The van der Waals surface area contributed by atoms with Gasteiger partial charge in [-0.1, -0.05) is 79.3 Å². The van der Waals surface area contributed by atoms with Gasteiger partial charge in [0.15, 0.2) is 5.17 Å². The first-order valence-corrected chi connectivity index (χ1v) is 13.9. The van der Waals surface area contributed by atoms with Crippen LogP contribution in [0.1, 0.15) is 49.8 Å². The van der Waals surface area contributed by atoms with Gasteiger partial charge in [-0.25, -0.2) is 9.79 Å². The Morgan fingerprint density at radius 2 is 1.70 bits per heavy atom. The molecule has 192 valence electrons. The van der Waals surface area contributed by atoms with E-state index in [1.807, 2.05) is 47.6 Å². The predicted octanol–water partition coefficient (Wildman–Crippen LogP) is 5.70. The lowest BCUT2D eigenvalue weighted by Gasteiger charge is -2.37. The first-order chi connectivity index (χ1) is 18.1. The molecule has 0 saturated carbocycles. The molecule has 0 spiro atoms. The topological polar surface area (TPSA) is 62.2 Å². The molecule has 2 aromatic carbocycles. The lowest BCUT2D eigenvalue weighted by molar-refractivity contribution is -0.136. The number of likely N-dealkylation sites (tertiary alicyclic amines) is 1. The Labute approximate surface area is 223 Å². The van der Waals surface area contributed by atoms with Gasteiger partial charge in [-0.05, 0) is 48.1 Å². The second-order valence-corrected chi connectivity index (χ2v) is 10.5. The highest BCUT2D eigenvalue weighted by atomic mass is 32.2. The number of amides is 1. The molecular formula is C30H33N3O3S. The summed E-state index contributed by atoms with van der Waals surface area (Å²) in [5.41, 5.74) is 4.50. The van der Waals surface area contributed by atoms with E-state index in [0.29, 0.717) is 17.9 Å². The van der Waals surface area contributed by atoms with Crippen molar-refractivity contribution in [1.82, 2.24) is 9.80 Å². The van der Waals surface area contributed by atoms with Crippen LogP contribution in [0.5, 0.6) is 0 Å². The van der Waals surface area contributed by atoms with E-state index in [0.717, 1.165) is 54.5 Å². The van der Waals surface area contributed by atoms with Crippen molar-refractivity contribution < 1.29 is 14.3 Å². The van der Waals surface area contributed by atoms with E-state index in [9.17, 15) is 9.59 Å². The number of hydrogen-bond donors (Lipinski definition) is 0. The van der Waals surface area contributed by atoms with Gasteiger partial charge in [0.25, 0.3) is 0 Å². The van der Waals surface area contributed by atoms with Gasteiger partial charge < -0.3 is 14.5 Å².